The number of hydrogen-bond donors (Lipinski definition) is 1. The van der Waals surface area contributed by atoms with E-state index in [0.717, 1.165) is 29.9 Å². The zero-order valence-electron chi connectivity index (χ0n) is 22.0. The van der Waals surface area contributed by atoms with Gasteiger partial charge in [0.05, 0.1) is 23.9 Å². The number of nitrogens with zero attached hydrogens (tertiary/aromatic N) is 6. The maximum Gasteiger partial charge on any atom is 0.253 e. The van der Waals surface area contributed by atoms with Gasteiger partial charge in [-0.3, -0.25) is 9.69 Å². The molecule has 2 aliphatic heterocycles. The van der Waals surface area contributed by atoms with Gasteiger partial charge in [0, 0.05) is 43.2 Å². The first-order valence-electron chi connectivity index (χ1n) is 12.7. The lowest BCUT2D eigenvalue weighted by atomic mass is 10.0. The smallest absolute Gasteiger partial charge is 0.253 e. The first kappa shape index (κ1) is 24.2. The molecule has 198 valence electrons. The fraction of sp³-hybridized carbons (Fsp3) is 0.407. The van der Waals surface area contributed by atoms with Gasteiger partial charge in [0.1, 0.15) is 11.8 Å². The van der Waals surface area contributed by atoms with E-state index in [1.54, 1.807) is 7.11 Å². The molecular weight excluding hydrogens is 486 g/mol. The molecule has 2 aromatic carbocycles. The van der Waals surface area contributed by atoms with Crippen molar-refractivity contribution in [3.63, 3.8) is 0 Å². The molecule has 0 bridgehead atoms. The third-order valence-electron chi connectivity index (χ3n) is 7.14. The normalized spacial score (nSPS) is 16.7. The number of hydrogen-bond acceptors (Lipinski definition) is 9. The summed E-state index contributed by atoms with van der Waals surface area (Å²) in [6, 6.07) is 13.2. The monoisotopic (exact) mass is 517 g/mol. The second-order valence-corrected chi connectivity index (χ2v) is 10.6. The number of aromatic nitrogens is 5. The molecule has 0 saturated carbocycles. The molecule has 2 aliphatic rings. The Hall–Kier alpha value is -4.12. The van der Waals surface area contributed by atoms with E-state index in [-0.39, 0.29) is 17.9 Å². The van der Waals surface area contributed by atoms with Crippen LogP contribution in [0.2, 0.25) is 0 Å². The summed E-state index contributed by atoms with van der Waals surface area (Å²) in [5, 5.41) is 13.6. The summed E-state index contributed by atoms with van der Waals surface area (Å²) in [7, 11) is 1.69. The standard InChI is InChI=1S/C27H31N7O4/c1-27(2,3)34-25(29-30-31-34)24(33-11-9-32(10-12-33)20-7-5-6-8-21(20)36-4)18-13-17-14-22-23(38-16-37-22)15-19(17)28-26(18)35/h5-8,13-15,24H,9-12,16H2,1-4H3,(H,28,35). The summed E-state index contributed by atoms with van der Waals surface area (Å²) in [5.74, 6) is 2.77. The minimum atomic E-state index is -0.442. The van der Waals surface area contributed by atoms with Crippen LogP contribution in [0.3, 0.4) is 0 Å². The highest BCUT2D eigenvalue weighted by molar-refractivity contribution is 5.83. The number of benzene rings is 2. The molecule has 0 radical (unpaired) electrons. The Balaban J connectivity index is 1.41. The molecule has 11 heteroatoms. The third kappa shape index (κ3) is 4.22. The van der Waals surface area contributed by atoms with Crippen LogP contribution in [0, 0.1) is 0 Å². The van der Waals surface area contributed by atoms with Gasteiger partial charge in [-0.15, -0.1) is 5.10 Å². The number of H-pyrrole nitrogens is 1. The molecule has 1 atom stereocenters. The lowest BCUT2D eigenvalue weighted by Gasteiger charge is -2.40. The maximum absolute atomic E-state index is 13.6. The van der Waals surface area contributed by atoms with Crippen LogP contribution in [0.1, 0.15) is 38.2 Å². The van der Waals surface area contributed by atoms with Crippen LogP contribution in [-0.4, -0.2) is 70.2 Å². The van der Waals surface area contributed by atoms with E-state index in [2.05, 4.69) is 57.1 Å². The van der Waals surface area contributed by atoms with Crippen LogP contribution in [0.25, 0.3) is 10.9 Å². The van der Waals surface area contributed by atoms with Crippen LogP contribution in [0.5, 0.6) is 17.2 Å². The highest BCUT2D eigenvalue weighted by atomic mass is 16.7. The van der Waals surface area contributed by atoms with Gasteiger partial charge in [-0.25, -0.2) is 4.68 Å². The van der Waals surface area contributed by atoms with Crippen LogP contribution < -0.4 is 24.7 Å². The molecule has 0 spiro atoms. The number of methoxy groups -OCH3 is 1. The minimum Gasteiger partial charge on any atom is -0.495 e. The third-order valence-corrected chi connectivity index (χ3v) is 7.14. The van der Waals surface area contributed by atoms with Crippen molar-refractivity contribution in [1.29, 1.82) is 0 Å². The average molecular weight is 518 g/mol. The van der Waals surface area contributed by atoms with E-state index < -0.39 is 6.04 Å². The fourth-order valence-corrected chi connectivity index (χ4v) is 5.27. The molecular formula is C27H31N7O4. The summed E-state index contributed by atoms with van der Waals surface area (Å²) in [6.07, 6.45) is 0. The van der Waals surface area contributed by atoms with Crippen molar-refractivity contribution in [3.8, 4) is 17.2 Å². The molecule has 4 aromatic rings. The van der Waals surface area contributed by atoms with Gasteiger partial charge in [0.15, 0.2) is 17.3 Å². The van der Waals surface area contributed by atoms with Crippen molar-refractivity contribution in [1.82, 2.24) is 30.1 Å². The van der Waals surface area contributed by atoms with E-state index in [1.165, 1.54) is 0 Å². The number of fused-ring (bicyclic) bond motifs is 2. The molecule has 1 N–H and O–H groups in total. The van der Waals surface area contributed by atoms with Crippen molar-refractivity contribution >= 4 is 16.6 Å². The summed E-state index contributed by atoms with van der Waals surface area (Å²) in [4.78, 5) is 21.2. The van der Waals surface area contributed by atoms with Crippen LogP contribution in [-0.2, 0) is 5.54 Å². The van der Waals surface area contributed by atoms with Crippen molar-refractivity contribution in [2.75, 3.05) is 45.0 Å². The zero-order valence-corrected chi connectivity index (χ0v) is 22.0. The number of ether oxygens (including phenoxy) is 3. The quantitative estimate of drug-likeness (QED) is 0.427. The largest absolute Gasteiger partial charge is 0.495 e. The predicted octanol–water partition coefficient (Wildman–Crippen LogP) is 2.92. The summed E-state index contributed by atoms with van der Waals surface area (Å²) >= 11 is 0. The Kier molecular flexibility index (Phi) is 5.94. The molecule has 4 heterocycles. The van der Waals surface area contributed by atoms with Crippen molar-refractivity contribution in [2.45, 2.75) is 32.4 Å². The number of aromatic amines is 1. The van der Waals surface area contributed by atoms with Gasteiger partial charge in [-0.2, -0.15) is 0 Å². The number of anilines is 1. The van der Waals surface area contributed by atoms with E-state index in [0.29, 0.717) is 41.5 Å². The van der Waals surface area contributed by atoms with Gasteiger partial charge in [0.25, 0.3) is 5.56 Å². The first-order chi connectivity index (χ1) is 18.3. The van der Waals surface area contributed by atoms with Crippen LogP contribution in [0.15, 0.2) is 47.3 Å². The molecule has 1 unspecified atom stereocenters. The van der Waals surface area contributed by atoms with Crippen LogP contribution in [0.4, 0.5) is 5.69 Å². The molecule has 38 heavy (non-hydrogen) atoms. The number of rotatable bonds is 5. The second kappa shape index (κ2) is 9.32. The number of para-hydroxylation sites is 2. The van der Waals surface area contributed by atoms with Crippen LogP contribution >= 0.6 is 0 Å². The van der Waals surface area contributed by atoms with E-state index in [4.69, 9.17) is 14.2 Å². The Morgan fingerprint density at radius 1 is 1.03 bits per heavy atom. The van der Waals surface area contributed by atoms with Crippen molar-refractivity contribution in [3.05, 3.63) is 64.2 Å². The Labute approximate surface area is 219 Å². The van der Waals surface area contributed by atoms with Crippen molar-refractivity contribution in [2.24, 2.45) is 0 Å². The molecule has 11 nitrogen and oxygen atoms in total. The highest BCUT2D eigenvalue weighted by Crippen LogP contribution is 2.37. The predicted molar refractivity (Wildman–Crippen MR) is 142 cm³/mol. The SMILES string of the molecule is COc1ccccc1N1CCN(C(c2cc3cc4c(cc3[nH]c2=O)OCO4)c2nnnn2C(C)(C)C)CC1. The number of pyridine rings is 1. The summed E-state index contributed by atoms with van der Waals surface area (Å²) in [5.41, 5.74) is 1.79. The van der Waals surface area contributed by atoms with E-state index in [1.807, 2.05) is 41.1 Å². The number of nitrogens with one attached hydrogen (secondary N) is 1. The summed E-state index contributed by atoms with van der Waals surface area (Å²) < 4.78 is 18.5. The Morgan fingerprint density at radius 2 is 1.76 bits per heavy atom. The first-order valence-corrected chi connectivity index (χ1v) is 12.7. The molecule has 0 aliphatic carbocycles. The van der Waals surface area contributed by atoms with E-state index >= 15 is 0 Å². The average Bonchev–Trinajstić information content (AvgIpc) is 3.58. The van der Waals surface area contributed by atoms with Gasteiger partial charge < -0.3 is 24.1 Å². The molecule has 6 rings (SSSR count). The van der Waals surface area contributed by atoms with Gasteiger partial charge in [-0.05, 0) is 55.5 Å². The minimum absolute atomic E-state index is 0.169. The second-order valence-electron chi connectivity index (χ2n) is 10.6. The molecule has 1 saturated heterocycles. The zero-order chi connectivity index (χ0) is 26.4. The number of piperazine rings is 1. The fourth-order valence-electron chi connectivity index (χ4n) is 5.27. The Bertz CT molecular complexity index is 1530. The lowest BCUT2D eigenvalue weighted by Crippen LogP contribution is -2.49. The highest BCUT2D eigenvalue weighted by Gasteiger charge is 2.35. The van der Waals surface area contributed by atoms with Crippen molar-refractivity contribution < 1.29 is 14.2 Å². The van der Waals surface area contributed by atoms with Gasteiger partial charge in [0.2, 0.25) is 6.79 Å². The lowest BCUT2D eigenvalue weighted by molar-refractivity contribution is 0.174. The maximum atomic E-state index is 13.6. The Morgan fingerprint density at radius 3 is 2.50 bits per heavy atom. The van der Waals surface area contributed by atoms with Gasteiger partial charge >= 0.3 is 0 Å². The summed E-state index contributed by atoms with van der Waals surface area (Å²) in [6.45, 7) is 9.26. The number of tetrazole rings is 1. The molecule has 1 fully saturated rings. The van der Waals surface area contributed by atoms with E-state index in [9.17, 15) is 4.79 Å². The topological polar surface area (TPSA) is 111 Å². The van der Waals surface area contributed by atoms with Gasteiger partial charge in [-0.1, -0.05) is 12.1 Å². The molecule has 0 amide bonds. The molecule has 2 aromatic heterocycles.